The summed E-state index contributed by atoms with van der Waals surface area (Å²) in [6.45, 7) is 3.65. The second-order valence-electron chi connectivity index (χ2n) is 8.91. The van der Waals surface area contributed by atoms with E-state index in [2.05, 4.69) is 14.8 Å². The summed E-state index contributed by atoms with van der Waals surface area (Å²) >= 11 is 0. The van der Waals surface area contributed by atoms with Crippen molar-refractivity contribution in [2.45, 2.75) is 47.9 Å². The number of sulfone groups is 1. The van der Waals surface area contributed by atoms with Gasteiger partial charge in [0.25, 0.3) is 0 Å². The summed E-state index contributed by atoms with van der Waals surface area (Å²) < 4.78 is 54.9. The van der Waals surface area contributed by atoms with Gasteiger partial charge in [-0.2, -0.15) is 0 Å². The fraction of sp³-hybridized carbons (Fsp3) is 0.400. The van der Waals surface area contributed by atoms with Gasteiger partial charge in [0.1, 0.15) is 16.5 Å². The van der Waals surface area contributed by atoms with Crippen molar-refractivity contribution in [1.29, 1.82) is 0 Å². The minimum absolute atomic E-state index is 0.0311. The Labute approximate surface area is 193 Å². The van der Waals surface area contributed by atoms with Crippen LogP contribution in [0.4, 0.5) is 14.5 Å². The fourth-order valence-corrected chi connectivity index (χ4v) is 6.62. The quantitative estimate of drug-likeness (QED) is 0.547. The van der Waals surface area contributed by atoms with E-state index in [9.17, 15) is 17.2 Å². The van der Waals surface area contributed by atoms with E-state index in [-0.39, 0.29) is 9.79 Å². The Morgan fingerprint density at radius 2 is 1.61 bits per heavy atom. The van der Waals surface area contributed by atoms with Gasteiger partial charge in [-0.05, 0) is 69.1 Å². The Bertz CT molecular complexity index is 1270. The molecule has 0 bridgehead atoms. The summed E-state index contributed by atoms with van der Waals surface area (Å²) in [6.07, 6.45) is 6.91. The predicted octanol–water partition coefficient (Wildman–Crippen LogP) is 4.80. The Kier molecular flexibility index (Phi) is 6.05. The number of fused-ring (bicyclic) bond motifs is 1. The number of halogens is 2. The van der Waals surface area contributed by atoms with Crippen LogP contribution in [0.25, 0.3) is 10.9 Å². The number of pyridine rings is 1. The molecule has 2 saturated heterocycles. The molecule has 0 spiro atoms. The van der Waals surface area contributed by atoms with E-state index in [1.807, 2.05) is 0 Å². The number of hydrogen-bond acceptors (Lipinski definition) is 5. The molecule has 3 aromatic rings. The molecule has 0 atom stereocenters. The minimum Gasteiger partial charge on any atom is -0.370 e. The van der Waals surface area contributed by atoms with E-state index in [0.29, 0.717) is 35.7 Å². The predicted molar refractivity (Wildman–Crippen MR) is 124 cm³/mol. The van der Waals surface area contributed by atoms with Crippen LogP contribution in [0, 0.1) is 11.6 Å². The molecule has 0 saturated carbocycles. The highest BCUT2D eigenvalue weighted by molar-refractivity contribution is 7.91. The Morgan fingerprint density at radius 1 is 0.879 bits per heavy atom. The van der Waals surface area contributed by atoms with Gasteiger partial charge in [0, 0.05) is 36.8 Å². The molecule has 0 N–H and O–H groups in total. The first-order valence-corrected chi connectivity index (χ1v) is 13.0. The fourth-order valence-electron chi connectivity index (χ4n) is 5.16. The zero-order valence-electron chi connectivity index (χ0n) is 18.4. The smallest absolute Gasteiger partial charge is 0.210 e. The number of piperidine rings is 2. The Morgan fingerprint density at radius 3 is 2.33 bits per heavy atom. The molecular formula is C25H27F2N3O2S. The Balaban J connectivity index is 1.55. The van der Waals surface area contributed by atoms with Crippen molar-refractivity contribution in [2.24, 2.45) is 0 Å². The number of likely N-dealkylation sites (tertiary alicyclic amines) is 1. The van der Waals surface area contributed by atoms with Crippen LogP contribution in [-0.4, -0.2) is 50.5 Å². The maximum atomic E-state index is 13.9. The number of benzene rings is 2. The third kappa shape index (κ3) is 4.34. The number of anilines is 1. The molecule has 0 amide bonds. The van der Waals surface area contributed by atoms with Crippen LogP contribution < -0.4 is 4.90 Å². The van der Waals surface area contributed by atoms with Crippen LogP contribution in [0.1, 0.15) is 32.1 Å². The molecule has 2 aromatic carbocycles. The van der Waals surface area contributed by atoms with E-state index >= 15 is 0 Å². The van der Waals surface area contributed by atoms with Gasteiger partial charge in [-0.3, -0.25) is 4.98 Å². The average Bonchev–Trinajstić information content (AvgIpc) is 2.84. The molecule has 2 fully saturated rings. The summed E-state index contributed by atoms with van der Waals surface area (Å²) in [6, 6.07) is 9.74. The summed E-state index contributed by atoms with van der Waals surface area (Å²) in [5, 5.41) is 0.588. The lowest BCUT2D eigenvalue weighted by atomic mass is 9.99. The van der Waals surface area contributed by atoms with Gasteiger partial charge in [0.05, 0.1) is 16.1 Å². The zero-order valence-corrected chi connectivity index (χ0v) is 19.2. The van der Waals surface area contributed by atoms with Crippen LogP contribution in [0.3, 0.4) is 0 Å². The molecule has 5 nitrogen and oxygen atoms in total. The second-order valence-corrected chi connectivity index (χ2v) is 10.8. The van der Waals surface area contributed by atoms with Crippen LogP contribution in [0.2, 0.25) is 0 Å². The second kappa shape index (κ2) is 8.99. The van der Waals surface area contributed by atoms with Crippen LogP contribution in [0.15, 0.2) is 58.5 Å². The normalized spacial score (nSPS) is 18.7. The lowest BCUT2D eigenvalue weighted by Gasteiger charge is -2.41. The third-order valence-electron chi connectivity index (χ3n) is 6.85. The molecule has 0 aliphatic carbocycles. The van der Waals surface area contributed by atoms with Crippen molar-refractivity contribution in [3.05, 3.63) is 60.3 Å². The van der Waals surface area contributed by atoms with Gasteiger partial charge >= 0.3 is 0 Å². The van der Waals surface area contributed by atoms with Gasteiger partial charge in [0.2, 0.25) is 9.84 Å². The lowest BCUT2D eigenvalue weighted by Crippen LogP contribution is -2.47. The van der Waals surface area contributed by atoms with E-state index in [1.165, 1.54) is 55.8 Å². The Hall–Kier alpha value is -2.58. The monoisotopic (exact) mass is 471 g/mol. The first kappa shape index (κ1) is 22.2. The van der Waals surface area contributed by atoms with Crippen molar-refractivity contribution < 1.29 is 17.2 Å². The van der Waals surface area contributed by atoms with E-state index < -0.39 is 21.5 Å². The zero-order chi connectivity index (χ0) is 23.0. The number of rotatable bonds is 4. The summed E-state index contributed by atoms with van der Waals surface area (Å²) in [5.41, 5.74) is 0.933. The summed E-state index contributed by atoms with van der Waals surface area (Å²) in [7, 11) is -4.03. The van der Waals surface area contributed by atoms with E-state index in [1.54, 1.807) is 6.07 Å². The van der Waals surface area contributed by atoms with E-state index in [4.69, 9.17) is 0 Å². The van der Waals surface area contributed by atoms with Gasteiger partial charge in [-0.25, -0.2) is 17.2 Å². The first-order chi connectivity index (χ1) is 15.9. The highest BCUT2D eigenvalue weighted by Crippen LogP contribution is 2.38. The highest BCUT2D eigenvalue weighted by Gasteiger charge is 2.31. The molecular weight excluding hydrogens is 444 g/mol. The lowest BCUT2D eigenvalue weighted by molar-refractivity contribution is 0.141. The van der Waals surface area contributed by atoms with Crippen molar-refractivity contribution in [3.63, 3.8) is 0 Å². The van der Waals surface area contributed by atoms with Crippen molar-refractivity contribution in [1.82, 2.24) is 9.88 Å². The van der Waals surface area contributed by atoms with Crippen molar-refractivity contribution in [3.8, 4) is 0 Å². The molecule has 2 aliphatic rings. The van der Waals surface area contributed by atoms with Gasteiger partial charge < -0.3 is 9.80 Å². The topological polar surface area (TPSA) is 53.5 Å². The first-order valence-electron chi connectivity index (χ1n) is 11.5. The summed E-state index contributed by atoms with van der Waals surface area (Å²) in [5.74, 6) is -1.04. The standard InChI is InChI=1S/C25H27F2N3O2S/c26-18-5-4-6-21(15-18)33(31,32)24-17-28-23-16-19(27)7-8-22(23)25(24)30-13-9-20(10-14-30)29-11-2-1-3-12-29/h4-8,15-17,20H,1-3,9-14H2. The van der Waals surface area contributed by atoms with Crippen LogP contribution >= 0.6 is 0 Å². The highest BCUT2D eigenvalue weighted by atomic mass is 32.2. The van der Waals surface area contributed by atoms with Gasteiger partial charge in [-0.1, -0.05) is 12.5 Å². The average molecular weight is 472 g/mol. The van der Waals surface area contributed by atoms with Crippen molar-refractivity contribution >= 4 is 26.4 Å². The number of hydrogen-bond donors (Lipinski definition) is 0. The van der Waals surface area contributed by atoms with Crippen LogP contribution in [-0.2, 0) is 9.84 Å². The molecule has 174 valence electrons. The van der Waals surface area contributed by atoms with Crippen LogP contribution in [0.5, 0.6) is 0 Å². The third-order valence-corrected chi connectivity index (χ3v) is 8.61. The van der Waals surface area contributed by atoms with Gasteiger partial charge in [0.15, 0.2) is 0 Å². The molecule has 8 heteroatoms. The molecule has 0 unspecified atom stereocenters. The summed E-state index contributed by atoms with van der Waals surface area (Å²) in [4.78, 5) is 8.81. The molecule has 33 heavy (non-hydrogen) atoms. The molecule has 5 rings (SSSR count). The SMILES string of the molecule is O=S(=O)(c1cccc(F)c1)c1cnc2cc(F)ccc2c1N1CCC(N2CCCCC2)CC1. The van der Waals surface area contributed by atoms with E-state index in [0.717, 1.165) is 32.0 Å². The molecule has 2 aliphatic heterocycles. The van der Waals surface area contributed by atoms with Gasteiger partial charge in [-0.15, -0.1) is 0 Å². The molecule has 0 radical (unpaired) electrons. The number of aromatic nitrogens is 1. The molecule has 1 aromatic heterocycles. The molecule has 3 heterocycles. The minimum atomic E-state index is -4.03. The maximum Gasteiger partial charge on any atom is 0.210 e. The van der Waals surface area contributed by atoms with Crippen molar-refractivity contribution in [2.75, 3.05) is 31.1 Å². The maximum absolute atomic E-state index is 13.9. The number of nitrogens with zero attached hydrogens (tertiary/aromatic N) is 3. The largest absolute Gasteiger partial charge is 0.370 e.